The monoisotopic (exact) mass is 274 g/mol. The molecule has 1 saturated heterocycles. The first-order valence-electron chi connectivity index (χ1n) is 8.90. The van der Waals surface area contributed by atoms with E-state index in [1.807, 2.05) is 0 Å². The van der Waals surface area contributed by atoms with Crippen molar-refractivity contribution in [3.63, 3.8) is 0 Å². The summed E-state index contributed by atoms with van der Waals surface area (Å²) in [5.41, 5.74) is 0.706. The van der Waals surface area contributed by atoms with Crippen LogP contribution in [0.15, 0.2) is 0 Å². The minimum atomic E-state index is 0.301. The Bertz CT molecular complexity index is 354. The van der Waals surface area contributed by atoms with E-state index in [4.69, 9.17) is 0 Å². The third-order valence-corrected chi connectivity index (χ3v) is 6.66. The molecular formula is C18H30N2. The second kappa shape index (κ2) is 6.06. The zero-order chi connectivity index (χ0) is 14.0. The summed E-state index contributed by atoms with van der Waals surface area (Å²) in [7, 11) is 0. The standard InChI is InChI=1S/C18H30N2/c1-2-15-5-6-16(14-19)17(13-15)20-11-9-18(10-12-20)7-3-4-8-18/h15-17H,2-13H2,1H3. The molecule has 0 bridgehead atoms. The first-order chi connectivity index (χ1) is 9.76. The van der Waals surface area contributed by atoms with Gasteiger partial charge in [0.25, 0.3) is 0 Å². The number of piperidine rings is 1. The maximum Gasteiger partial charge on any atom is 0.0672 e. The molecule has 1 spiro atoms. The van der Waals surface area contributed by atoms with Crippen LogP contribution < -0.4 is 0 Å². The van der Waals surface area contributed by atoms with Gasteiger partial charge < -0.3 is 0 Å². The van der Waals surface area contributed by atoms with Gasteiger partial charge in [-0.2, -0.15) is 5.26 Å². The van der Waals surface area contributed by atoms with E-state index in [1.54, 1.807) is 0 Å². The minimum Gasteiger partial charge on any atom is -0.299 e. The maximum absolute atomic E-state index is 9.48. The summed E-state index contributed by atoms with van der Waals surface area (Å²) in [5.74, 6) is 1.17. The molecule has 0 aromatic heterocycles. The number of hydrogen-bond acceptors (Lipinski definition) is 2. The van der Waals surface area contributed by atoms with Crippen LogP contribution in [-0.2, 0) is 0 Å². The Balaban J connectivity index is 1.61. The molecule has 2 nitrogen and oxygen atoms in total. The second-order valence-electron chi connectivity index (χ2n) is 7.63. The lowest BCUT2D eigenvalue weighted by Gasteiger charge is -2.46. The van der Waals surface area contributed by atoms with Crippen LogP contribution in [0, 0.1) is 28.6 Å². The van der Waals surface area contributed by atoms with E-state index in [0.29, 0.717) is 17.4 Å². The highest BCUT2D eigenvalue weighted by molar-refractivity contribution is 5.00. The van der Waals surface area contributed by atoms with Gasteiger partial charge in [-0.15, -0.1) is 0 Å². The van der Waals surface area contributed by atoms with Crippen LogP contribution in [0.5, 0.6) is 0 Å². The summed E-state index contributed by atoms with van der Waals surface area (Å²) in [5, 5.41) is 9.48. The van der Waals surface area contributed by atoms with E-state index in [0.717, 1.165) is 12.3 Å². The topological polar surface area (TPSA) is 27.0 Å². The van der Waals surface area contributed by atoms with E-state index in [-0.39, 0.29) is 0 Å². The molecule has 0 aromatic rings. The fourth-order valence-electron chi connectivity index (χ4n) is 5.11. The van der Waals surface area contributed by atoms with Crippen molar-refractivity contribution in [1.29, 1.82) is 5.26 Å². The lowest BCUT2D eigenvalue weighted by atomic mass is 9.73. The van der Waals surface area contributed by atoms with Crippen LogP contribution in [-0.4, -0.2) is 24.0 Å². The smallest absolute Gasteiger partial charge is 0.0672 e. The fraction of sp³-hybridized carbons (Fsp3) is 0.944. The summed E-state index contributed by atoms with van der Waals surface area (Å²) in [6.45, 7) is 4.84. The molecular weight excluding hydrogens is 244 g/mol. The van der Waals surface area contributed by atoms with Crippen molar-refractivity contribution < 1.29 is 0 Å². The molecule has 3 fully saturated rings. The molecule has 20 heavy (non-hydrogen) atoms. The molecule has 1 heterocycles. The largest absolute Gasteiger partial charge is 0.299 e. The van der Waals surface area contributed by atoms with Crippen LogP contribution in [0.3, 0.4) is 0 Å². The number of nitriles is 1. The SMILES string of the molecule is CCC1CCC(C#N)C(N2CCC3(CCCC3)CC2)C1. The first kappa shape index (κ1) is 14.4. The van der Waals surface area contributed by atoms with Crippen molar-refractivity contribution in [2.24, 2.45) is 17.3 Å². The number of hydrogen-bond donors (Lipinski definition) is 0. The summed E-state index contributed by atoms with van der Waals surface area (Å²) in [6, 6.07) is 3.18. The molecule has 3 unspecified atom stereocenters. The zero-order valence-electron chi connectivity index (χ0n) is 13.1. The molecule has 3 atom stereocenters. The Morgan fingerprint density at radius 2 is 1.80 bits per heavy atom. The van der Waals surface area contributed by atoms with Crippen LogP contribution in [0.2, 0.25) is 0 Å². The average molecular weight is 274 g/mol. The molecule has 0 amide bonds. The van der Waals surface area contributed by atoms with Crippen molar-refractivity contribution in [3.05, 3.63) is 0 Å². The highest BCUT2D eigenvalue weighted by Crippen LogP contribution is 2.47. The van der Waals surface area contributed by atoms with Crippen LogP contribution >= 0.6 is 0 Å². The van der Waals surface area contributed by atoms with Gasteiger partial charge in [-0.25, -0.2) is 0 Å². The highest BCUT2D eigenvalue weighted by Gasteiger charge is 2.41. The summed E-state index contributed by atoms with van der Waals surface area (Å²) in [6.07, 6.45) is 13.7. The van der Waals surface area contributed by atoms with Gasteiger partial charge in [-0.05, 0) is 69.4 Å². The van der Waals surface area contributed by atoms with Gasteiger partial charge in [0.05, 0.1) is 12.0 Å². The molecule has 0 radical (unpaired) electrons. The van der Waals surface area contributed by atoms with E-state index < -0.39 is 0 Å². The normalized spacial score (nSPS) is 37.9. The molecule has 2 heteroatoms. The Labute approximate surface area is 124 Å². The van der Waals surface area contributed by atoms with Crippen LogP contribution in [0.4, 0.5) is 0 Å². The Morgan fingerprint density at radius 3 is 2.40 bits per heavy atom. The molecule has 3 aliphatic rings. The average Bonchev–Trinajstić information content (AvgIpc) is 2.95. The summed E-state index contributed by atoms with van der Waals surface area (Å²) in [4.78, 5) is 2.69. The molecule has 3 rings (SSSR count). The summed E-state index contributed by atoms with van der Waals surface area (Å²) < 4.78 is 0. The Hall–Kier alpha value is -0.550. The highest BCUT2D eigenvalue weighted by atomic mass is 15.2. The van der Waals surface area contributed by atoms with Crippen molar-refractivity contribution in [2.45, 2.75) is 77.2 Å². The second-order valence-corrected chi connectivity index (χ2v) is 7.63. The van der Waals surface area contributed by atoms with Crippen molar-refractivity contribution in [1.82, 2.24) is 4.90 Å². The van der Waals surface area contributed by atoms with Gasteiger partial charge in [0.2, 0.25) is 0 Å². The lowest BCUT2D eigenvalue weighted by Crippen LogP contribution is -2.49. The van der Waals surface area contributed by atoms with Crippen LogP contribution in [0.1, 0.15) is 71.1 Å². The Morgan fingerprint density at radius 1 is 1.10 bits per heavy atom. The lowest BCUT2D eigenvalue weighted by molar-refractivity contribution is 0.0352. The van der Waals surface area contributed by atoms with Crippen molar-refractivity contribution >= 4 is 0 Å². The third-order valence-electron chi connectivity index (χ3n) is 6.66. The third kappa shape index (κ3) is 2.75. The van der Waals surface area contributed by atoms with E-state index in [9.17, 15) is 5.26 Å². The number of rotatable bonds is 2. The number of likely N-dealkylation sites (tertiary alicyclic amines) is 1. The molecule has 2 aliphatic carbocycles. The van der Waals surface area contributed by atoms with E-state index >= 15 is 0 Å². The molecule has 0 aromatic carbocycles. The van der Waals surface area contributed by atoms with Gasteiger partial charge >= 0.3 is 0 Å². The molecule has 2 saturated carbocycles. The zero-order valence-corrected chi connectivity index (χ0v) is 13.1. The van der Waals surface area contributed by atoms with E-state index in [2.05, 4.69) is 17.9 Å². The van der Waals surface area contributed by atoms with Gasteiger partial charge in [0.15, 0.2) is 0 Å². The first-order valence-corrected chi connectivity index (χ1v) is 8.90. The van der Waals surface area contributed by atoms with Crippen molar-refractivity contribution in [2.75, 3.05) is 13.1 Å². The van der Waals surface area contributed by atoms with Gasteiger partial charge in [0.1, 0.15) is 0 Å². The number of nitrogens with zero attached hydrogens (tertiary/aromatic N) is 2. The molecule has 1 aliphatic heterocycles. The maximum atomic E-state index is 9.48. The summed E-state index contributed by atoms with van der Waals surface area (Å²) >= 11 is 0. The predicted octanol–water partition coefficient (Wildman–Crippen LogP) is 4.36. The fourth-order valence-corrected chi connectivity index (χ4v) is 5.11. The molecule has 112 valence electrons. The minimum absolute atomic E-state index is 0.301. The van der Waals surface area contributed by atoms with Gasteiger partial charge in [-0.3, -0.25) is 4.90 Å². The predicted molar refractivity (Wildman–Crippen MR) is 82.2 cm³/mol. The molecule has 0 N–H and O–H groups in total. The Kier molecular flexibility index (Phi) is 4.36. The quantitative estimate of drug-likeness (QED) is 0.748. The van der Waals surface area contributed by atoms with E-state index in [1.165, 1.54) is 70.9 Å². The van der Waals surface area contributed by atoms with Gasteiger partial charge in [-0.1, -0.05) is 26.2 Å². The van der Waals surface area contributed by atoms with Crippen LogP contribution in [0.25, 0.3) is 0 Å². The van der Waals surface area contributed by atoms with Crippen molar-refractivity contribution in [3.8, 4) is 6.07 Å². The van der Waals surface area contributed by atoms with Gasteiger partial charge in [0, 0.05) is 6.04 Å².